The maximum Gasteiger partial charge on any atom is 0.223 e. The van der Waals surface area contributed by atoms with Gasteiger partial charge in [0, 0.05) is 12.0 Å². The second-order valence-corrected chi connectivity index (χ2v) is 4.35. The average molecular weight is 183 g/mol. The standard InChI is InChI=1S/C11H21NO/c1-9(2)12-11(13)10-7-5-3-4-6-8-10/h9-10H,3-8H2,1-2H3,(H,12,13). The Bertz CT molecular complexity index is 157. The first-order valence-electron chi connectivity index (χ1n) is 5.50. The predicted octanol–water partition coefficient (Wildman–Crippen LogP) is 2.48. The SMILES string of the molecule is CC(C)NC(=O)C1CCCCCC1. The van der Waals surface area contributed by atoms with Crippen LogP contribution in [0.4, 0.5) is 0 Å². The summed E-state index contributed by atoms with van der Waals surface area (Å²) in [6, 6.07) is 0.288. The number of nitrogens with one attached hydrogen (secondary N) is 1. The van der Waals surface area contributed by atoms with E-state index in [-0.39, 0.29) is 11.9 Å². The first-order valence-corrected chi connectivity index (χ1v) is 5.50. The van der Waals surface area contributed by atoms with Crippen LogP contribution >= 0.6 is 0 Å². The number of hydrogen-bond donors (Lipinski definition) is 1. The third-order valence-electron chi connectivity index (χ3n) is 2.66. The summed E-state index contributed by atoms with van der Waals surface area (Å²) >= 11 is 0. The summed E-state index contributed by atoms with van der Waals surface area (Å²) in [6.07, 6.45) is 7.28. The third-order valence-corrected chi connectivity index (χ3v) is 2.66. The smallest absolute Gasteiger partial charge is 0.223 e. The topological polar surface area (TPSA) is 29.1 Å². The summed E-state index contributed by atoms with van der Waals surface area (Å²) in [5.41, 5.74) is 0. The molecule has 0 aliphatic heterocycles. The van der Waals surface area contributed by atoms with Crippen molar-refractivity contribution in [2.24, 2.45) is 5.92 Å². The Labute approximate surface area is 81.1 Å². The van der Waals surface area contributed by atoms with Crippen LogP contribution in [0.1, 0.15) is 52.4 Å². The minimum Gasteiger partial charge on any atom is -0.354 e. The molecule has 1 N–H and O–H groups in total. The van der Waals surface area contributed by atoms with Crippen LogP contribution in [0.3, 0.4) is 0 Å². The third kappa shape index (κ3) is 3.79. The van der Waals surface area contributed by atoms with E-state index < -0.39 is 0 Å². The molecule has 0 spiro atoms. The van der Waals surface area contributed by atoms with Gasteiger partial charge in [0.05, 0.1) is 0 Å². The maximum atomic E-state index is 11.7. The number of hydrogen-bond acceptors (Lipinski definition) is 1. The molecule has 76 valence electrons. The normalized spacial score (nSPS) is 19.9. The summed E-state index contributed by atoms with van der Waals surface area (Å²) in [5.74, 6) is 0.571. The van der Waals surface area contributed by atoms with Crippen LogP contribution in [0.2, 0.25) is 0 Å². The predicted molar refractivity (Wildman–Crippen MR) is 54.5 cm³/mol. The second kappa shape index (κ2) is 5.25. The number of amides is 1. The van der Waals surface area contributed by atoms with Crippen LogP contribution in [0.25, 0.3) is 0 Å². The van der Waals surface area contributed by atoms with E-state index in [9.17, 15) is 4.79 Å². The van der Waals surface area contributed by atoms with Gasteiger partial charge < -0.3 is 5.32 Å². The van der Waals surface area contributed by atoms with Crippen LogP contribution in [0.15, 0.2) is 0 Å². The van der Waals surface area contributed by atoms with Crippen LogP contribution in [-0.2, 0) is 4.79 Å². The average Bonchev–Trinajstić information content (AvgIpc) is 2.29. The second-order valence-electron chi connectivity index (χ2n) is 4.35. The molecule has 0 unspecified atom stereocenters. The molecular weight excluding hydrogens is 162 g/mol. The molecular formula is C11H21NO. The van der Waals surface area contributed by atoms with Gasteiger partial charge in [-0.1, -0.05) is 25.7 Å². The van der Waals surface area contributed by atoms with Crippen molar-refractivity contribution < 1.29 is 4.79 Å². The number of carbonyl (C=O) groups excluding carboxylic acids is 1. The van der Waals surface area contributed by atoms with Crippen LogP contribution < -0.4 is 5.32 Å². The van der Waals surface area contributed by atoms with Crippen molar-refractivity contribution in [2.45, 2.75) is 58.4 Å². The van der Waals surface area contributed by atoms with Gasteiger partial charge in [-0.25, -0.2) is 0 Å². The van der Waals surface area contributed by atoms with Gasteiger partial charge in [-0.2, -0.15) is 0 Å². The fourth-order valence-electron chi connectivity index (χ4n) is 1.94. The summed E-state index contributed by atoms with van der Waals surface area (Å²) in [6.45, 7) is 4.04. The summed E-state index contributed by atoms with van der Waals surface area (Å²) in [4.78, 5) is 11.7. The van der Waals surface area contributed by atoms with Gasteiger partial charge >= 0.3 is 0 Å². The fourth-order valence-corrected chi connectivity index (χ4v) is 1.94. The van der Waals surface area contributed by atoms with Crippen molar-refractivity contribution in [3.63, 3.8) is 0 Å². The van der Waals surface area contributed by atoms with Crippen molar-refractivity contribution >= 4 is 5.91 Å². The molecule has 1 fully saturated rings. The molecule has 1 aliphatic carbocycles. The zero-order valence-corrected chi connectivity index (χ0v) is 8.81. The number of rotatable bonds is 2. The van der Waals surface area contributed by atoms with Crippen LogP contribution in [-0.4, -0.2) is 11.9 Å². The Hall–Kier alpha value is -0.530. The molecule has 2 nitrogen and oxygen atoms in total. The lowest BCUT2D eigenvalue weighted by Gasteiger charge is -2.15. The highest BCUT2D eigenvalue weighted by molar-refractivity contribution is 5.78. The van der Waals surface area contributed by atoms with E-state index in [4.69, 9.17) is 0 Å². The Balaban J connectivity index is 2.35. The maximum absolute atomic E-state index is 11.7. The molecule has 0 aromatic heterocycles. The Morgan fingerprint density at radius 3 is 2.15 bits per heavy atom. The van der Waals surface area contributed by atoms with Crippen molar-refractivity contribution in [1.82, 2.24) is 5.32 Å². The quantitative estimate of drug-likeness (QED) is 0.655. The molecule has 0 bridgehead atoms. The minimum absolute atomic E-state index is 0.275. The van der Waals surface area contributed by atoms with Crippen molar-refractivity contribution in [3.05, 3.63) is 0 Å². The molecule has 0 atom stereocenters. The molecule has 0 saturated heterocycles. The summed E-state index contributed by atoms with van der Waals surface area (Å²) in [7, 11) is 0. The minimum atomic E-state index is 0.275. The molecule has 1 saturated carbocycles. The first-order chi connectivity index (χ1) is 6.20. The zero-order chi connectivity index (χ0) is 9.68. The van der Waals surface area contributed by atoms with Gasteiger partial charge in [0.2, 0.25) is 5.91 Å². The van der Waals surface area contributed by atoms with Gasteiger partial charge in [-0.05, 0) is 26.7 Å². The fraction of sp³-hybridized carbons (Fsp3) is 0.909. The summed E-state index contributed by atoms with van der Waals surface area (Å²) in [5, 5.41) is 3.00. The number of carbonyl (C=O) groups is 1. The van der Waals surface area contributed by atoms with Gasteiger partial charge in [-0.3, -0.25) is 4.79 Å². The van der Waals surface area contributed by atoms with E-state index in [2.05, 4.69) is 5.32 Å². The Morgan fingerprint density at radius 1 is 1.15 bits per heavy atom. The monoisotopic (exact) mass is 183 g/mol. The largest absolute Gasteiger partial charge is 0.354 e. The molecule has 2 heteroatoms. The van der Waals surface area contributed by atoms with E-state index >= 15 is 0 Å². The van der Waals surface area contributed by atoms with Gasteiger partial charge in [0.15, 0.2) is 0 Å². The summed E-state index contributed by atoms with van der Waals surface area (Å²) < 4.78 is 0. The highest BCUT2D eigenvalue weighted by Crippen LogP contribution is 2.22. The van der Waals surface area contributed by atoms with E-state index in [1.54, 1.807) is 0 Å². The molecule has 13 heavy (non-hydrogen) atoms. The molecule has 0 aromatic rings. The Morgan fingerprint density at radius 2 is 1.69 bits per heavy atom. The van der Waals surface area contributed by atoms with Gasteiger partial charge in [0.1, 0.15) is 0 Å². The highest BCUT2D eigenvalue weighted by atomic mass is 16.1. The van der Waals surface area contributed by atoms with Crippen LogP contribution in [0.5, 0.6) is 0 Å². The van der Waals surface area contributed by atoms with Crippen molar-refractivity contribution in [3.8, 4) is 0 Å². The molecule has 0 heterocycles. The van der Waals surface area contributed by atoms with Gasteiger partial charge in [0.25, 0.3) is 0 Å². The molecule has 0 radical (unpaired) electrons. The molecule has 0 aromatic carbocycles. The lowest BCUT2D eigenvalue weighted by Crippen LogP contribution is -2.35. The molecule has 1 amide bonds. The molecule has 1 aliphatic rings. The molecule has 1 rings (SSSR count). The van der Waals surface area contributed by atoms with E-state index in [1.807, 2.05) is 13.8 Å². The lowest BCUT2D eigenvalue weighted by molar-refractivity contribution is -0.125. The van der Waals surface area contributed by atoms with E-state index in [0.717, 1.165) is 12.8 Å². The van der Waals surface area contributed by atoms with Crippen LogP contribution in [0, 0.1) is 5.92 Å². The zero-order valence-electron chi connectivity index (χ0n) is 8.81. The van der Waals surface area contributed by atoms with E-state index in [0.29, 0.717) is 5.92 Å². The van der Waals surface area contributed by atoms with Crippen molar-refractivity contribution in [2.75, 3.05) is 0 Å². The Kier molecular flexibility index (Phi) is 4.26. The highest BCUT2D eigenvalue weighted by Gasteiger charge is 2.19. The van der Waals surface area contributed by atoms with Crippen molar-refractivity contribution in [1.29, 1.82) is 0 Å². The lowest BCUT2D eigenvalue weighted by atomic mass is 9.99. The van der Waals surface area contributed by atoms with Gasteiger partial charge in [-0.15, -0.1) is 0 Å². The van der Waals surface area contributed by atoms with E-state index in [1.165, 1.54) is 25.7 Å². The first kappa shape index (κ1) is 10.6.